The summed E-state index contributed by atoms with van der Waals surface area (Å²) in [5.41, 5.74) is -1.11. The molecule has 0 aromatic carbocycles. The lowest BCUT2D eigenvalue weighted by Crippen LogP contribution is -2.62. The molecule has 0 aromatic heterocycles. The first kappa shape index (κ1) is 49.1. The van der Waals surface area contributed by atoms with Crippen LogP contribution in [-0.2, 0) is 34.7 Å². The molecule has 14 nitrogen and oxygen atoms in total. The van der Waals surface area contributed by atoms with Crippen molar-refractivity contribution in [2.45, 2.75) is 151 Å². The maximum Gasteiger partial charge on any atom is 0.315 e. The summed E-state index contributed by atoms with van der Waals surface area (Å²) in [6.07, 6.45) is 6.49. The van der Waals surface area contributed by atoms with Gasteiger partial charge < -0.3 is 31.5 Å². The van der Waals surface area contributed by atoms with Crippen molar-refractivity contribution >= 4 is 40.8 Å². The third-order valence-corrected chi connectivity index (χ3v) is 11.0. The smallest absolute Gasteiger partial charge is 0.315 e. The Morgan fingerprint density at radius 3 is 2.13 bits per heavy atom. The number of carbonyl (C=O) groups excluding carboxylic acids is 5. The second-order valence-corrected chi connectivity index (χ2v) is 18.5. The number of urea groups is 1. The zero-order valence-electron chi connectivity index (χ0n) is 35.0. The van der Waals surface area contributed by atoms with Gasteiger partial charge in [-0.1, -0.05) is 98.4 Å². The predicted octanol–water partition coefficient (Wildman–Crippen LogP) is 4.09. The number of nitrogens with zero attached hydrogens (tertiary/aromatic N) is 2. The molecule has 0 spiro atoms. The van der Waals surface area contributed by atoms with Crippen molar-refractivity contribution < 1.29 is 32.7 Å². The van der Waals surface area contributed by atoms with Crippen LogP contribution >= 0.6 is 0 Å². The number of carbonyl (C=O) groups is 5. The average Bonchev–Trinajstić information content (AvgIpc) is 3.47. The molecule has 1 rings (SSSR count). The third-order valence-electron chi connectivity index (χ3n) is 9.88. The molecule has 1 aliphatic rings. The first-order valence-corrected chi connectivity index (χ1v) is 21.0. The number of nitrogens with one attached hydrogen (secondary N) is 5. The van der Waals surface area contributed by atoms with Crippen molar-refractivity contribution in [3.63, 3.8) is 0 Å². The number of hydrogen-bond donors (Lipinski definition) is 6. The largest absolute Gasteiger partial charge is 0.346 e. The van der Waals surface area contributed by atoms with Crippen LogP contribution in [-0.4, -0.2) is 106 Å². The Labute approximate surface area is 328 Å². The van der Waals surface area contributed by atoms with Gasteiger partial charge in [-0.05, 0) is 60.0 Å². The van der Waals surface area contributed by atoms with Crippen molar-refractivity contribution in [3.05, 3.63) is 12.7 Å². The summed E-state index contributed by atoms with van der Waals surface area (Å²) >= 11 is -2.47. The van der Waals surface area contributed by atoms with Crippen molar-refractivity contribution in [2.75, 3.05) is 32.7 Å². The molecule has 6 N–H and O–H groups in total. The first-order valence-electron chi connectivity index (χ1n) is 19.8. The van der Waals surface area contributed by atoms with Gasteiger partial charge in [0.25, 0.3) is 17.2 Å². The van der Waals surface area contributed by atoms with E-state index in [0.717, 1.165) is 19.3 Å². The van der Waals surface area contributed by atoms with Gasteiger partial charge in [0.05, 0.1) is 18.6 Å². The Kier molecular flexibility index (Phi) is 21.2. The number of unbranched alkanes of at least 4 members (excludes halogenated alkanes) is 3. The van der Waals surface area contributed by atoms with Crippen LogP contribution in [0, 0.1) is 22.7 Å². The molecule has 0 bridgehead atoms. The topological polar surface area (TPSA) is 189 Å². The normalized spacial score (nSPS) is 18.6. The lowest BCUT2D eigenvalue weighted by Gasteiger charge is -2.38. The van der Waals surface area contributed by atoms with E-state index in [1.54, 1.807) is 4.90 Å². The van der Waals surface area contributed by atoms with Gasteiger partial charge >= 0.3 is 6.03 Å². The van der Waals surface area contributed by atoms with E-state index in [1.807, 2.05) is 55.4 Å². The minimum absolute atomic E-state index is 0.107. The molecule has 312 valence electrons. The first-order chi connectivity index (χ1) is 25.1. The number of ketones is 1. The fraction of sp³-hybridized carbons (Fsp3) is 0.821. The maximum atomic E-state index is 14.5. The number of likely N-dealkylation sites (tertiary alicyclic amines) is 1. The van der Waals surface area contributed by atoms with Crippen molar-refractivity contribution in [1.82, 2.24) is 35.8 Å². The van der Waals surface area contributed by atoms with Gasteiger partial charge in [0.1, 0.15) is 12.1 Å². The molecule has 15 heteroatoms. The highest BCUT2D eigenvalue weighted by Crippen LogP contribution is 2.33. The zero-order valence-corrected chi connectivity index (χ0v) is 35.9. The van der Waals surface area contributed by atoms with Gasteiger partial charge in [-0.3, -0.25) is 19.2 Å². The molecule has 2 unspecified atom stereocenters. The van der Waals surface area contributed by atoms with Crippen LogP contribution in [0.3, 0.4) is 0 Å². The highest BCUT2D eigenvalue weighted by Gasteiger charge is 2.47. The Morgan fingerprint density at radius 1 is 0.963 bits per heavy atom. The predicted molar refractivity (Wildman–Crippen MR) is 217 cm³/mol. The van der Waals surface area contributed by atoms with Crippen LogP contribution in [0.25, 0.3) is 0 Å². The molecule has 1 aliphatic heterocycles. The van der Waals surface area contributed by atoms with Crippen LogP contribution in [0.2, 0.25) is 0 Å². The summed E-state index contributed by atoms with van der Waals surface area (Å²) < 4.78 is 22.8. The van der Waals surface area contributed by atoms with Crippen LogP contribution in [0.4, 0.5) is 4.79 Å². The molecule has 54 heavy (non-hydrogen) atoms. The summed E-state index contributed by atoms with van der Waals surface area (Å²) in [4.78, 5) is 70.0. The Bertz CT molecular complexity index is 1260. The summed E-state index contributed by atoms with van der Waals surface area (Å²) in [7, 11) is 0. The lowest BCUT2D eigenvalue weighted by molar-refractivity contribution is -0.144. The highest BCUT2D eigenvalue weighted by molar-refractivity contribution is 7.76. The van der Waals surface area contributed by atoms with Gasteiger partial charge in [0.15, 0.2) is 0 Å². The van der Waals surface area contributed by atoms with Crippen molar-refractivity contribution in [1.29, 1.82) is 0 Å². The Hall–Kier alpha value is -2.88. The molecule has 0 saturated carbocycles. The van der Waals surface area contributed by atoms with Gasteiger partial charge in [-0.15, -0.1) is 6.58 Å². The van der Waals surface area contributed by atoms with Crippen molar-refractivity contribution in [2.24, 2.45) is 22.7 Å². The molecular weight excluding hydrogens is 711 g/mol. The average molecular weight is 785 g/mol. The minimum Gasteiger partial charge on any atom is -0.346 e. The summed E-state index contributed by atoms with van der Waals surface area (Å²) in [5, 5.41) is 14.7. The van der Waals surface area contributed by atoms with Gasteiger partial charge in [0.2, 0.25) is 17.6 Å². The van der Waals surface area contributed by atoms with Crippen LogP contribution < -0.4 is 26.6 Å². The molecule has 5 amide bonds. The van der Waals surface area contributed by atoms with Gasteiger partial charge in [-0.25, -0.2) is 4.79 Å². The van der Waals surface area contributed by atoms with Crippen molar-refractivity contribution in [3.8, 4) is 0 Å². The monoisotopic (exact) mass is 785 g/mol. The molecule has 0 radical (unpaired) electrons. The number of amides is 5. The van der Waals surface area contributed by atoms with E-state index in [-0.39, 0.29) is 35.9 Å². The number of hydrogen-bond acceptors (Lipinski definition) is 7. The second-order valence-electron chi connectivity index (χ2n) is 17.5. The van der Waals surface area contributed by atoms with E-state index in [1.165, 1.54) is 10.4 Å². The molecule has 6 atom stereocenters. The maximum absolute atomic E-state index is 14.5. The molecule has 0 aromatic rings. The highest BCUT2D eigenvalue weighted by atomic mass is 32.2. The number of Topliss-reactive ketones (excluding diaryl/α,β-unsaturated/α-hetero) is 1. The van der Waals surface area contributed by atoms with E-state index < -0.39 is 64.3 Å². The molecule has 1 fully saturated rings. The standard InChI is InChI=1S/C39H73N7O7S/c1-13-15-16-17-18-29(32(47)35(49)41-20-14-2)42-34(48)31-28(24-26(3)4)19-22-45(31)36(50)33(39(10,11)12)44-37(51)43-30(38(7,8)9)25-40-21-23-46(27(5)6)54(52)53/h14,26-31,33,40H,2,13,15-25H2,1,3-12H3,(H,41,49)(H,42,48)(H,52,53)(H2,43,44,51)/p+1/t28-,29?,30-,31+,33-/m1/s1. The molecule has 1 heterocycles. The number of thiol groups is 1. The molecular formula is C39H74N7O7S+. The lowest BCUT2D eigenvalue weighted by atomic mass is 9.84. The van der Waals surface area contributed by atoms with Gasteiger partial charge in [-0.2, -0.15) is 4.55 Å². The zero-order chi connectivity index (χ0) is 41.4. The van der Waals surface area contributed by atoms with Crippen LogP contribution in [0.5, 0.6) is 0 Å². The fourth-order valence-electron chi connectivity index (χ4n) is 6.72. The molecule has 1 saturated heterocycles. The fourth-order valence-corrected chi connectivity index (χ4v) is 7.39. The summed E-state index contributed by atoms with van der Waals surface area (Å²) in [6.45, 7) is 26.6. The quantitative estimate of drug-likeness (QED) is 0.0294. The third kappa shape index (κ3) is 16.5. The van der Waals surface area contributed by atoms with E-state index in [9.17, 15) is 32.7 Å². The second kappa shape index (κ2) is 23.2. The van der Waals surface area contributed by atoms with Crippen LogP contribution in [0.15, 0.2) is 12.7 Å². The van der Waals surface area contributed by atoms with E-state index >= 15 is 0 Å². The molecule has 0 aliphatic carbocycles. The summed E-state index contributed by atoms with van der Waals surface area (Å²) in [5.74, 6) is -2.33. The van der Waals surface area contributed by atoms with E-state index in [2.05, 4.69) is 53.9 Å². The summed E-state index contributed by atoms with van der Waals surface area (Å²) in [6, 6.07) is -3.92. The Balaban J connectivity index is 3.30. The van der Waals surface area contributed by atoms with Gasteiger partial charge in [0, 0.05) is 32.2 Å². The minimum atomic E-state index is -2.47. The number of rotatable bonds is 23. The van der Waals surface area contributed by atoms with E-state index in [0.29, 0.717) is 51.9 Å². The Morgan fingerprint density at radius 2 is 1.61 bits per heavy atom. The SMILES string of the molecule is C=CCNC(=O)C(=O)C(CCCCCC)NC(=O)[C@@H]1[C@@H](CC(C)C)CCN1C(=O)[C@@H](NC(=O)N[C@H](CNCCN(C(C)C)[SH+](=O)O)C(C)(C)C)C(C)(C)C. The van der Waals surface area contributed by atoms with Crippen LogP contribution in [0.1, 0.15) is 121 Å². The van der Waals surface area contributed by atoms with E-state index in [4.69, 9.17) is 0 Å².